The number of aliphatic hydroxyl groups is 1. The van der Waals surface area contributed by atoms with Crippen molar-refractivity contribution in [3.63, 3.8) is 0 Å². The minimum atomic E-state index is 0.135. The lowest BCUT2D eigenvalue weighted by molar-refractivity contribution is 0.251. The second kappa shape index (κ2) is 5.08. The fourth-order valence-corrected chi connectivity index (χ4v) is 1.25. The van der Waals surface area contributed by atoms with E-state index >= 15 is 0 Å². The molecule has 3 nitrogen and oxygen atoms in total. The lowest BCUT2D eigenvalue weighted by Crippen LogP contribution is -2.29. The highest BCUT2D eigenvalue weighted by atomic mass is 16.3. The van der Waals surface area contributed by atoms with E-state index < -0.39 is 0 Å². The van der Waals surface area contributed by atoms with Crippen molar-refractivity contribution >= 4 is 0 Å². The van der Waals surface area contributed by atoms with Gasteiger partial charge in [-0.2, -0.15) is 0 Å². The topological polar surface area (TPSA) is 45.1 Å². The Kier molecular flexibility index (Phi) is 4.04. The molecule has 1 rings (SSSR count). The van der Waals surface area contributed by atoms with Crippen LogP contribution in [0.1, 0.15) is 23.9 Å². The Morgan fingerprint density at radius 3 is 2.71 bits per heavy atom. The summed E-state index contributed by atoms with van der Waals surface area (Å²) in [6.07, 6.45) is 0. The monoisotopic (exact) mass is 194 g/mol. The zero-order valence-corrected chi connectivity index (χ0v) is 9.04. The lowest BCUT2D eigenvalue weighted by atomic mass is 10.2. The fraction of sp³-hybridized carbons (Fsp3) is 0.545. The van der Waals surface area contributed by atoms with Crippen molar-refractivity contribution in [1.82, 2.24) is 10.3 Å². The molecule has 0 aliphatic carbocycles. The maximum absolute atomic E-state index is 8.85. The van der Waals surface area contributed by atoms with E-state index in [4.69, 9.17) is 5.11 Å². The van der Waals surface area contributed by atoms with E-state index in [2.05, 4.69) is 16.4 Å². The van der Waals surface area contributed by atoms with Crippen molar-refractivity contribution < 1.29 is 5.11 Å². The normalized spacial score (nSPS) is 12.9. The molecule has 0 amide bonds. The highest BCUT2D eigenvalue weighted by Crippen LogP contribution is 2.06. The maximum atomic E-state index is 8.85. The van der Waals surface area contributed by atoms with Gasteiger partial charge in [0.25, 0.3) is 0 Å². The Bertz CT molecular complexity index is 299. The van der Waals surface area contributed by atoms with Crippen molar-refractivity contribution in [2.75, 3.05) is 6.61 Å². The number of aliphatic hydroxyl groups excluding tert-OH is 1. The van der Waals surface area contributed by atoms with Gasteiger partial charge in [-0.05, 0) is 32.4 Å². The number of hydrogen-bond donors (Lipinski definition) is 2. The van der Waals surface area contributed by atoms with E-state index in [1.54, 1.807) is 0 Å². The van der Waals surface area contributed by atoms with Gasteiger partial charge in [-0.25, -0.2) is 0 Å². The van der Waals surface area contributed by atoms with Gasteiger partial charge in [0.2, 0.25) is 0 Å². The highest BCUT2D eigenvalue weighted by Gasteiger charge is 2.02. The summed E-state index contributed by atoms with van der Waals surface area (Å²) in [7, 11) is 0. The van der Waals surface area contributed by atoms with Gasteiger partial charge < -0.3 is 10.4 Å². The SMILES string of the molecule is Cc1ccc(CNC(C)CO)c(C)n1. The van der Waals surface area contributed by atoms with Crippen LogP contribution in [-0.4, -0.2) is 22.7 Å². The number of pyridine rings is 1. The Balaban J connectivity index is 2.59. The average Bonchev–Trinajstić information content (AvgIpc) is 2.16. The van der Waals surface area contributed by atoms with Crippen molar-refractivity contribution in [1.29, 1.82) is 0 Å². The number of hydrogen-bond acceptors (Lipinski definition) is 3. The number of aryl methyl sites for hydroxylation is 2. The van der Waals surface area contributed by atoms with E-state index in [1.807, 2.05) is 26.8 Å². The summed E-state index contributed by atoms with van der Waals surface area (Å²) in [4.78, 5) is 4.37. The third kappa shape index (κ3) is 3.09. The van der Waals surface area contributed by atoms with Gasteiger partial charge in [-0.15, -0.1) is 0 Å². The molecule has 0 aliphatic heterocycles. The molecule has 1 atom stereocenters. The maximum Gasteiger partial charge on any atom is 0.0582 e. The summed E-state index contributed by atoms with van der Waals surface area (Å²) in [6.45, 7) is 6.88. The minimum Gasteiger partial charge on any atom is -0.395 e. The molecule has 2 N–H and O–H groups in total. The fourth-order valence-electron chi connectivity index (χ4n) is 1.25. The molecular formula is C11H18N2O. The zero-order chi connectivity index (χ0) is 10.6. The molecule has 3 heteroatoms. The van der Waals surface area contributed by atoms with Crippen molar-refractivity contribution in [2.24, 2.45) is 0 Å². The molecule has 14 heavy (non-hydrogen) atoms. The molecule has 1 aromatic rings. The molecule has 0 spiro atoms. The van der Waals surface area contributed by atoms with E-state index in [1.165, 1.54) is 5.56 Å². The Hall–Kier alpha value is -0.930. The summed E-state index contributed by atoms with van der Waals surface area (Å²) >= 11 is 0. The number of aromatic nitrogens is 1. The van der Waals surface area contributed by atoms with Crippen molar-refractivity contribution in [3.8, 4) is 0 Å². The van der Waals surface area contributed by atoms with Gasteiger partial charge in [0.1, 0.15) is 0 Å². The molecule has 0 bridgehead atoms. The van der Waals surface area contributed by atoms with E-state index in [0.29, 0.717) is 0 Å². The molecule has 0 aromatic carbocycles. The number of rotatable bonds is 4. The first kappa shape index (κ1) is 11.1. The Labute approximate surface area is 85.2 Å². The zero-order valence-electron chi connectivity index (χ0n) is 9.04. The molecular weight excluding hydrogens is 176 g/mol. The predicted molar refractivity (Wildman–Crippen MR) is 57.1 cm³/mol. The number of nitrogens with one attached hydrogen (secondary N) is 1. The molecule has 0 fully saturated rings. The third-order valence-electron chi connectivity index (χ3n) is 2.25. The smallest absolute Gasteiger partial charge is 0.0582 e. The molecule has 0 saturated carbocycles. The molecule has 1 unspecified atom stereocenters. The molecule has 78 valence electrons. The Morgan fingerprint density at radius 1 is 1.43 bits per heavy atom. The summed E-state index contributed by atoms with van der Waals surface area (Å²) in [5.41, 5.74) is 3.29. The van der Waals surface area contributed by atoms with Crippen LogP contribution in [-0.2, 0) is 6.54 Å². The van der Waals surface area contributed by atoms with Crippen LogP contribution in [0.4, 0.5) is 0 Å². The molecule has 0 aliphatic rings. The van der Waals surface area contributed by atoms with Crippen LogP contribution in [0.5, 0.6) is 0 Å². The number of nitrogens with zero attached hydrogens (tertiary/aromatic N) is 1. The summed E-state index contributed by atoms with van der Waals surface area (Å²) in [5.74, 6) is 0. The standard InChI is InChI=1S/C11H18N2O/c1-8-4-5-11(10(3)13-8)6-12-9(2)7-14/h4-5,9,12,14H,6-7H2,1-3H3. The second-order valence-electron chi connectivity index (χ2n) is 3.66. The van der Waals surface area contributed by atoms with Gasteiger partial charge in [-0.3, -0.25) is 4.98 Å². The van der Waals surface area contributed by atoms with Crippen LogP contribution < -0.4 is 5.32 Å². The van der Waals surface area contributed by atoms with Crippen molar-refractivity contribution in [3.05, 3.63) is 29.1 Å². The van der Waals surface area contributed by atoms with Crippen LogP contribution in [0.15, 0.2) is 12.1 Å². The third-order valence-corrected chi connectivity index (χ3v) is 2.25. The van der Waals surface area contributed by atoms with Crippen molar-refractivity contribution in [2.45, 2.75) is 33.4 Å². The summed E-state index contributed by atoms with van der Waals surface area (Å²) in [6, 6.07) is 4.22. The summed E-state index contributed by atoms with van der Waals surface area (Å²) < 4.78 is 0. The largest absolute Gasteiger partial charge is 0.395 e. The van der Waals surface area contributed by atoms with Gasteiger partial charge >= 0.3 is 0 Å². The van der Waals surface area contributed by atoms with E-state index in [-0.39, 0.29) is 12.6 Å². The molecule has 1 aromatic heterocycles. The molecule has 0 saturated heterocycles. The van der Waals surface area contributed by atoms with Crippen LogP contribution in [0.25, 0.3) is 0 Å². The van der Waals surface area contributed by atoms with Crippen LogP contribution >= 0.6 is 0 Å². The lowest BCUT2D eigenvalue weighted by Gasteiger charge is -2.12. The first-order valence-corrected chi connectivity index (χ1v) is 4.91. The van der Waals surface area contributed by atoms with Crippen LogP contribution in [0.2, 0.25) is 0 Å². The van der Waals surface area contributed by atoms with Crippen LogP contribution in [0, 0.1) is 13.8 Å². The minimum absolute atomic E-state index is 0.135. The first-order chi connectivity index (χ1) is 6.63. The first-order valence-electron chi connectivity index (χ1n) is 4.91. The quantitative estimate of drug-likeness (QED) is 0.756. The van der Waals surface area contributed by atoms with E-state index in [9.17, 15) is 0 Å². The molecule has 0 radical (unpaired) electrons. The van der Waals surface area contributed by atoms with Crippen LogP contribution in [0.3, 0.4) is 0 Å². The van der Waals surface area contributed by atoms with Gasteiger partial charge in [0.05, 0.1) is 6.61 Å². The predicted octanol–water partition coefficient (Wildman–Crippen LogP) is 1.17. The van der Waals surface area contributed by atoms with Gasteiger partial charge in [-0.1, -0.05) is 6.07 Å². The second-order valence-corrected chi connectivity index (χ2v) is 3.66. The van der Waals surface area contributed by atoms with E-state index in [0.717, 1.165) is 17.9 Å². The highest BCUT2D eigenvalue weighted by molar-refractivity contribution is 5.21. The Morgan fingerprint density at radius 2 is 2.14 bits per heavy atom. The van der Waals surface area contributed by atoms with Gasteiger partial charge in [0.15, 0.2) is 0 Å². The molecule has 1 heterocycles. The average molecular weight is 194 g/mol. The summed E-state index contributed by atoms with van der Waals surface area (Å²) in [5, 5.41) is 12.1. The van der Waals surface area contributed by atoms with Gasteiger partial charge in [0, 0.05) is 24.0 Å².